The normalized spacial score (nSPS) is 13.4. The molecule has 42 valence electrons. The molecule has 0 bridgehead atoms. The largest absolute Gasteiger partial charge is 0.300 e. The van der Waals surface area contributed by atoms with E-state index in [1.807, 2.05) is 6.92 Å². The first-order valence-corrected chi connectivity index (χ1v) is 2.09. The van der Waals surface area contributed by atoms with Crippen LogP contribution in [0.25, 0.3) is 0 Å². The van der Waals surface area contributed by atoms with E-state index in [9.17, 15) is 0 Å². The Labute approximate surface area is 43.1 Å². The van der Waals surface area contributed by atoms with E-state index in [1.54, 1.807) is 0 Å². The van der Waals surface area contributed by atoms with Crippen LogP contribution < -0.4 is 5.90 Å². The van der Waals surface area contributed by atoms with E-state index in [2.05, 4.69) is 16.5 Å². The second-order valence-corrected chi connectivity index (χ2v) is 1.35. The lowest BCUT2D eigenvalue weighted by Crippen LogP contribution is -2.15. The predicted octanol–water partition coefficient (Wildman–Crippen LogP) is -0.0342. The first kappa shape index (κ1) is 6.59. The van der Waals surface area contributed by atoms with Crippen molar-refractivity contribution in [2.24, 2.45) is 10.9 Å². The van der Waals surface area contributed by atoms with Crippen molar-refractivity contribution in [1.82, 2.24) is 0 Å². The molecule has 0 aliphatic carbocycles. The number of hydrogen-bond acceptors (Lipinski definition) is 3. The van der Waals surface area contributed by atoms with Crippen molar-refractivity contribution in [2.75, 3.05) is 6.54 Å². The highest BCUT2D eigenvalue weighted by atomic mass is 16.6. The Morgan fingerprint density at radius 1 is 2.00 bits per heavy atom. The Balaban J connectivity index is 2.98. The fourth-order valence-corrected chi connectivity index (χ4v) is 0.225. The van der Waals surface area contributed by atoms with Crippen molar-refractivity contribution in [3.63, 3.8) is 0 Å². The smallest absolute Gasteiger partial charge is 0.0953 e. The van der Waals surface area contributed by atoms with E-state index in [1.165, 1.54) is 0 Å². The molecule has 0 saturated heterocycles. The average Bonchev–Trinajstić information content (AvgIpc) is 1.68. The van der Waals surface area contributed by atoms with Crippen LogP contribution >= 0.6 is 0 Å². The molecule has 3 heteroatoms. The van der Waals surface area contributed by atoms with Gasteiger partial charge in [-0.2, -0.15) is 0 Å². The van der Waals surface area contributed by atoms with Crippen LogP contribution in [0.1, 0.15) is 6.92 Å². The van der Waals surface area contributed by atoms with E-state index >= 15 is 0 Å². The number of nitrogens with two attached hydrogens (primary N) is 1. The Bertz CT molecular complexity index is 55.7. The molecule has 0 aromatic rings. The SMILES string of the molecule is C=NCC(C)ON. The summed E-state index contributed by atoms with van der Waals surface area (Å²) in [6.45, 7) is 5.66. The van der Waals surface area contributed by atoms with Crippen molar-refractivity contribution < 1.29 is 4.84 Å². The zero-order valence-corrected chi connectivity index (χ0v) is 4.42. The molecule has 0 aromatic heterocycles. The second-order valence-electron chi connectivity index (χ2n) is 1.35. The van der Waals surface area contributed by atoms with Gasteiger partial charge in [0.15, 0.2) is 0 Å². The summed E-state index contributed by atoms with van der Waals surface area (Å²) < 4.78 is 0. The predicted molar refractivity (Wildman–Crippen MR) is 29.2 cm³/mol. The Morgan fingerprint density at radius 2 is 2.57 bits per heavy atom. The molecule has 0 fully saturated rings. The third kappa shape index (κ3) is 3.42. The van der Waals surface area contributed by atoms with Gasteiger partial charge in [-0.25, -0.2) is 5.90 Å². The topological polar surface area (TPSA) is 47.6 Å². The molecule has 0 amide bonds. The molecule has 0 saturated carbocycles. The zero-order chi connectivity index (χ0) is 5.70. The van der Waals surface area contributed by atoms with E-state index in [-0.39, 0.29) is 6.10 Å². The molecule has 7 heavy (non-hydrogen) atoms. The van der Waals surface area contributed by atoms with Gasteiger partial charge in [-0.1, -0.05) is 0 Å². The fraction of sp³-hybridized carbons (Fsp3) is 0.750. The maximum absolute atomic E-state index is 4.77. The summed E-state index contributed by atoms with van der Waals surface area (Å²) in [5.74, 6) is 4.77. The molecule has 1 unspecified atom stereocenters. The molecule has 2 N–H and O–H groups in total. The quantitative estimate of drug-likeness (QED) is 0.401. The highest BCUT2D eigenvalue weighted by Crippen LogP contribution is 1.82. The van der Waals surface area contributed by atoms with Crippen molar-refractivity contribution >= 4 is 6.72 Å². The fourth-order valence-electron chi connectivity index (χ4n) is 0.225. The maximum atomic E-state index is 4.77. The van der Waals surface area contributed by atoms with E-state index < -0.39 is 0 Å². The lowest BCUT2D eigenvalue weighted by Gasteiger charge is -2.00. The van der Waals surface area contributed by atoms with Crippen molar-refractivity contribution in [2.45, 2.75) is 13.0 Å². The molecule has 0 spiro atoms. The molecule has 0 heterocycles. The van der Waals surface area contributed by atoms with Crippen LogP contribution in [0.3, 0.4) is 0 Å². The van der Waals surface area contributed by atoms with E-state index in [0.717, 1.165) is 0 Å². The Morgan fingerprint density at radius 3 is 2.71 bits per heavy atom. The second kappa shape index (κ2) is 3.77. The van der Waals surface area contributed by atoms with Gasteiger partial charge in [0, 0.05) is 0 Å². The van der Waals surface area contributed by atoms with Crippen LogP contribution in [0.5, 0.6) is 0 Å². The molecule has 1 atom stereocenters. The van der Waals surface area contributed by atoms with Gasteiger partial charge in [0.2, 0.25) is 0 Å². The number of aliphatic imine (C=N–C) groups is 1. The standard InChI is InChI=1S/C4H10N2O/c1-4(7-5)3-6-2/h4H,2-3,5H2,1H3. The van der Waals surface area contributed by atoms with Gasteiger partial charge >= 0.3 is 0 Å². The first-order valence-electron chi connectivity index (χ1n) is 2.09. The van der Waals surface area contributed by atoms with Gasteiger partial charge in [0.25, 0.3) is 0 Å². The Kier molecular flexibility index (Phi) is 3.55. The number of rotatable bonds is 3. The number of hydrogen-bond donors (Lipinski definition) is 1. The molecule has 3 nitrogen and oxygen atoms in total. The molecular weight excluding hydrogens is 92.1 g/mol. The minimum atomic E-state index is -0.00231. The monoisotopic (exact) mass is 102 g/mol. The van der Waals surface area contributed by atoms with Crippen LogP contribution in [-0.2, 0) is 4.84 Å². The summed E-state index contributed by atoms with van der Waals surface area (Å²) in [6, 6.07) is 0. The van der Waals surface area contributed by atoms with Crippen LogP contribution in [0.2, 0.25) is 0 Å². The van der Waals surface area contributed by atoms with Crippen molar-refractivity contribution in [3.8, 4) is 0 Å². The third-order valence-electron chi connectivity index (χ3n) is 0.619. The average molecular weight is 102 g/mol. The van der Waals surface area contributed by atoms with Gasteiger partial charge in [0.05, 0.1) is 12.6 Å². The summed E-state index contributed by atoms with van der Waals surface area (Å²) in [5, 5.41) is 0. The van der Waals surface area contributed by atoms with Gasteiger partial charge in [-0.15, -0.1) is 0 Å². The first-order chi connectivity index (χ1) is 3.31. The summed E-state index contributed by atoms with van der Waals surface area (Å²) in [6.07, 6.45) is -0.00231. The lowest BCUT2D eigenvalue weighted by atomic mass is 10.4. The third-order valence-corrected chi connectivity index (χ3v) is 0.619. The minimum Gasteiger partial charge on any atom is -0.300 e. The van der Waals surface area contributed by atoms with Gasteiger partial charge in [-0.3, -0.25) is 9.83 Å². The number of nitrogens with zero attached hydrogens (tertiary/aromatic N) is 1. The lowest BCUT2D eigenvalue weighted by molar-refractivity contribution is 0.0733. The Hall–Kier alpha value is -0.410. The van der Waals surface area contributed by atoms with Crippen molar-refractivity contribution in [1.29, 1.82) is 0 Å². The molecule has 0 rings (SSSR count). The summed E-state index contributed by atoms with van der Waals surface area (Å²) in [4.78, 5) is 7.91. The van der Waals surface area contributed by atoms with Crippen LogP contribution in [0.15, 0.2) is 4.99 Å². The summed E-state index contributed by atoms with van der Waals surface area (Å²) in [5.41, 5.74) is 0. The molecule has 0 aliphatic heterocycles. The zero-order valence-electron chi connectivity index (χ0n) is 4.42. The molecule has 0 aliphatic rings. The van der Waals surface area contributed by atoms with Crippen LogP contribution in [0, 0.1) is 0 Å². The van der Waals surface area contributed by atoms with Crippen molar-refractivity contribution in [3.05, 3.63) is 0 Å². The van der Waals surface area contributed by atoms with Crippen LogP contribution in [0.4, 0.5) is 0 Å². The minimum absolute atomic E-state index is 0.00231. The van der Waals surface area contributed by atoms with Crippen LogP contribution in [-0.4, -0.2) is 19.4 Å². The van der Waals surface area contributed by atoms with Gasteiger partial charge in [0.1, 0.15) is 0 Å². The van der Waals surface area contributed by atoms with E-state index in [0.29, 0.717) is 6.54 Å². The van der Waals surface area contributed by atoms with Gasteiger partial charge < -0.3 is 0 Å². The van der Waals surface area contributed by atoms with E-state index in [4.69, 9.17) is 5.90 Å². The summed E-state index contributed by atoms with van der Waals surface area (Å²) in [7, 11) is 0. The molecule has 0 aromatic carbocycles. The highest BCUT2D eigenvalue weighted by Gasteiger charge is 1.92. The highest BCUT2D eigenvalue weighted by molar-refractivity contribution is 5.23. The molecular formula is C4H10N2O. The summed E-state index contributed by atoms with van der Waals surface area (Å²) >= 11 is 0. The maximum Gasteiger partial charge on any atom is 0.0953 e. The molecule has 0 radical (unpaired) electrons. The van der Waals surface area contributed by atoms with Gasteiger partial charge in [-0.05, 0) is 13.6 Å².